The number of nitrogens with zero attached hydrogens (tertiary/aromatic N) is 1. The lowest BCUT2D eigenvalue weighted by Crippen LogP contribution is -2.29. The van der Waals surface area contributed by atoms with Gasteiger partial charge in [0.15, 0.2) is 6.54 Å². The molecule has 0 aromatic carbocycles. The first-order valence-corrected chi connectivity index (χ1v) is 4.40. The van der Waals surface area contributed by atoms with Crippen molar-refractivity contribution < 1.29 is 4.68 Å². The minimum atomic E-state index is 0.704. The van der Waals surface area contributed by atoms with E-state index in [1.54, 1.807) is 11.8 Å². The van der Waals surface area contributed by atoms with Crippen molar-refractivity contribution in [1.29, 1.82) is 0 Å². The Morgan fingerprint density at radius 1 is 1.60 bits per heavy atom. The van der Waals surface area contributed by atoms with E-state index < -0.39 is 0 Å². The molecule has 0 aromatic heterocycles. The summed E-state index contributed by atoms with van der Waals surface area (Å²) in [5, 5.41) is 2.02. The maximum Gasteiger partial charge on any atom is 0.232 e. The first kappa shape index (κ1) is 7.66. The van der Waals surface area contributed by atoms with Crippen molar-refractivity contribution >= 4 is 17.3 Å². The zero-order chi connectivity index (χ0) is 7.40. The summed E-state index contributed by atoms with van der Waals surface area (Å²) >= 11 is 1.70. The molecule has 0 spiro atoms. The first-order chi connectivity index (χ1) is 4.79. The second-order valence-corrected chi connectivity index (χ2v) is 3.47. The van der Waals surface area contributed by atoms with E-state index in [0.29, 0.717) is 5.92 Å². The quantitative estimate of drug-likeness (QED) is 0.609. The fourth-order valence-corrected chi connectivity index (χ4v) is 1.30. The summed E-state index contributed by atoms with van der Waals surface area (Å²) in [6.45, 7) is 5.48. The Kier molecular flexibility index (Phi) is 2.81. The SMILES string of the molecule is CC(C)C[N+]1=CSC=CN1. The molecular formula is C7H13N2S+. The van der Waals surface area contributed by atoms with Gasteiger partial charge in [0.25, 0.3) is 0 Å². The van der Waals surface area contributed by atoms with E-state index in [1.165, 1.54) is 0 Å². The molecule has 10 heavy (non-hydrogen) atoms. The van der Waals surface area contributed by atoms with Gasteiger partial charge >= 0.3 is 0 Å². The fraction of sp³-hybridized carbons (Fsp3) is 0.571. The second kappa shape index (κ2) is 3.66. The maximum absolute atomic E-state index is 3.13. The Balaban J connectivity index is 2.34. The van der Waals surface area contributed by atoms with Crippen LogP contribution in [0.5, 0.6) is 0 Å². The molecule has 0 aliphatic carbocycles. The topological polar surface area (TPSA) is 15.0 Å². The highest BCUT2D eigenvalue weighted by atomic mass is 32.2. The van der Waals surface area contributed by atoms with Crippen LogP contribution in [0.1, 0.15) is 13.8 Å². The molecule has 0 unspecified atom stereocenters. The van der Waals surface area contributed by atoms with Crippen molar-refractivity contribution in [3.05, 3.63) is 11.6 Å². The Labute approximate surface area is 66.0 Å². The van der Waals surface area contributed by atoms with Gasteiger partial charge in [0.05, 0.1) is 6.20 Å². The average molecular weight is 157 g/mol. The summed E-state index contributed by atoms with van der Waals surface area (Å²) in [7, 11) is 0. The summed E-state index contributed by atoms with van der Waals surface area (Å²) in [6, 6.07) is 0. The van der Waals surface area contributed by atoms with Crippen molar-refractivity contribution in [1.82, 2.24) is 5.43 Å². The number of hydrazone groups is 1. The molecule has 0 fully saturated rings. The molecule has 3 heteroatoms. The summed E-state index contributed by atoms with van der Waals surface area (Å²) in [4.78, 5) is 0. The van der Waals surface area contributed by atoms with Crippen LogP contribution in [0.15, 0.2) is 11.6 Å². The molecule has 0 bridgehead atoms. The number of hydrazine groups is 1. The van der Waals surface area contributed by atoms with E-state index in [1.807, 2.05) is 11.6 Å². The van der Waals surface area contributed by atoms with Crippen LogP contribution in [0.3, 0.4) is 0 Å². The molecule has 0 saturated heterocycles. The van der Waals surface area contributed by atoms with Crippen molar-refractivity contribution in [2.24, 2.45) is 5.92 Å². The lowest BCUT2D eigenvalue weighted by Gasteiger charge is -2.05. The number of thioether (sulfide) groups is 1. The molecular weight excluding hydrogens is 144 g/mol. The van der Waals surface area contributed by atoms with Crippen LogP contribution in [0.25, 0.3) is 0 Å². The van der Waals surface area contributed by atoms with E-state index in [2.05, 4.69) is 29.5 Å². The van der Waals surface area contributed by atoms with Gasteiger partial charge in [0.2, 0.25) is 5.55 Å². The Bertz CT molecular complexity index is 161. The summed E-state index contributed by atoms with van der Waals surface area (Å²) < 4.78 is 2.09. The third-order valence-electron chi connectivity index (χ3n) is 1.14. The summed E-state index contributed by atoms with van der Waals surface area (Å²) in [6.07, 6.45) is 1.95. The fourth-order valence-electron chi connectivity index (χ4n) is 0.794. The van der Waals surface area contributed by atoms with Gasteiger partial charge < -0.3 is 0 Å². The average Bonchev–Trinajstić information content (AvgIpc) is 1.88. The van der Waals surface area contributed by atoms with Gasteiger partial charge in [-0.25, -0.2) is 0 Å². The molecule has 1 heterocycles. The predicted octanol–water partition coefficient (Wildman–Crippen LogP) is 1.41. The van der Waals surface area contributed by atoms with Crippen molar-refractivity contribution in [2.45, 2.75) is 13.8 Å². The normalized spacial score (nSPS) is 16.9. The third-order valence-corrected chi connectivity index (χ3v) is 1.81. The Hall–Kier alpha value is -0.440. The second-order valence-electron chi connectivity index (χ2n) is 2.72. The maximum atomic E-state index is 3.13. The number of hydrogen-bond acceptors (Lipinski definition) is 2. The molecule has 1 aliphatic heterocycles. The molecule has 1 aliphatic rings. The zero-order valence-electron chi connectivity index (χ0n) is 6.37. The van der Waals surface area contributed by atoms with E-state index >= 15 is 0 Å². The molecule has 1 N–H and O–H groups in total. The van der Waals surface area contributed by atoms with Crippen LogP contribution in [0, 0.1) is 5.92 Å². The minimum Gasteiger partial charge on any atom is -0.172 e. The molecule has 0 saturated carbocycles. The van der Waals surface area contributed by atoms with Crippen molar-refractivity contribution in [3.63, 3.8) is 0 Å². The Morgan fingerprint density at radius 2 is 2.40 bits per heavy atom. The number of hydrogen-bond donors (Lipinski definition) is 1. The number of rotatable bonds is 2. The molecule has 56 valence electrons. The predicted molar refractivity (Wildman–Crippen MR) is 45.9 cm³/mol. The highest BCUT2D eigenvalue weighted by molar-refractivity contribution is 8.14. The van der Waals surface area contributed by atoms with Crippen molar-refractivity contribution in [3.8, 4) is 0 Å². The lowest BCUT2D eigenvalue weighted by atomic mass is 10.2. The van der Waals surface area contributed by atoms with E-state index in [4.69, 9.17) is 0 Å². The van der Waals surface area contributed by atoms with Gasteiger partial charge in [0, 0.05) is 11.3 Å². The number of nitrogens with one attached hydrogen (secondary N) is 1. The van der Waals surface area contributed by atoms with Gasteiger partial charge in [0.1, 0.15) is 0 Å². The van der Waals surface area contributed by atoms with Crippen LogP contribution in [-0.2, 0) is 0 Å². The van der Waals surface area contributed by atoms with E-state index in [0.717, 1.165) is 6.54 Å². The van der Waals surface area contributed by atoms with Crippen molar-refractivity contribution in [2.75, 3.05) is 6.54 Å². The van der Waals surface area contributed by atoms with Gasteiger partial charge in [-0.3, -0.25) is 0 Å². The van der Waals surface area contributed by atoms with Crippen LogP contribution in [0.2, 0.25) is 0 Å². The molecule has 0 amide bonds. The third kappa shape index (κ3) is 2.43. The summed E-state index contributed by atoms with van der Waals surface area (Å²) in [5.41, 5.74) is 5.21. The molecule has 0 atom stereocenters. The van der Waals surface area contributed by atoms with Crippen LogP contribution in [-0.4, -0.2) is 16.8 Å². The minimum absolute atomic E-state index is 0.704. The van der Waals surface area contributed by atoms with Gasteiger partial charge in [-0.15, -0.1) is 4.68 Å². The molecule has 0 aromatic rings. The summed E-state index contributed by atoms with van der Waals surface area (Å²) in [5.74, 6) is 0.704. The van der Waals surface area contributed by atoms with Gasteiger partial charge in [-0.05, 0) is 11.8 Å². The highest BCUT2D eigenvalue weighted by Crippen LogP contribution is 2.00. The largest absolute Gasteiger partial charge is 0.232 e. The molecule has 0 radical (unpaired) electrons. The van der Waals surface area contributed by atoms with Gasteiger partial charge in [-0.1, -0.05) is 13.8 Å². The molecule has 1 rings (SSSR count). The standard InChI is InChI=1S/C7H13N2S/c1-7(2)5-9-6-10-4-3-8-9/h3-4,6-8H,5H2,1-2H3/q+1. The zero-order valence-corrected chi connectivity index (χ0v) is 7.19. The Morgan fingerprint density at radius 3 is 2.90 bits per heavy atom. The highest BCUT2D eigenvalue weighted by Gasteiger charge is 2.06. The smallest absolute Gasteiger partial charge is 0.172 e. The van der Waals surface area contributed by atoms with Gasteiger partial charge in [-0.2, -0.15) is 5.43 Å². The lowest BCUT2D eigenvalue weighted by molar-refractivity contribution is -0.576. The van der Waals surface area contributed by atoms with Crippen LogP contribution in [0.4, 0.5) is 0 Å². The first-order valence-electron chi connectivity index (χ1n) is 3.45. The van der Waals surface area contributed by atoms with Crippen LogP contribution < -0.4 is 5.43 Å². The monoisotopic (exact) mass is 157 g/mol. The van der Waals surface area contributed by atoms with E-state index in [9.17, 15) is 0 Å². The van der Waals surface area contributed by atoms with E-state index in [-0.39, 0.29) is 0 Å². The van der Waals surface area contributed by atoms with Crippen LogP contribution >= 0.6 is 11.8 Å². The molecule has 2 nitrogen and oxygen atoms in total.